The first-order chi connectivity index (χ1) is 27.5. The van der Waals surface area contributed by atoms with Crippen molar-refractivity contribution >= 4 is 19.8 Å². The van der Waals surface area contributed by atoms with E-state index in [9.17, 15) is 19.0 Å². The first-order valence-corrected chi connectivity index (χ1v) is 22.3. The molecule has 2 unspecified atom stereocenters. The summed E-state index contributed by atoms with van der Waals surface area (Å²) in [5.41, 5.74) is 0. The van der Waals surface area contributed by atoms with Crippen LogP contribution in [0.4, 0.5) is 0 Å². The zero-order valence-electron chi connectivity index (χ0n) is 35.8. The minimum Gasteiger partial charge on any atom is -0.462 e. The molecule has 57 heavy (non-hydrogen) atoms. The molecule has 0 aliphatic heterocycles. The van der Waals surface area contributed by atoms with Gasteiger partial charge >= 0.3 is 19.8 Å². The predicted molar refractivity (Wildman–Crippen MR) is 237 cm³/mol. The minimum atomic E-state index is -4.41. The van der Waals surface area contributed by atoms with E-state index in [1.165, 1.54) is 0 Å². The maximum absolute atomic E-state index is 12.6. The molecular weight excluding hydrogens is 737 g/mol. The number of phosphoric acid groups is 1. The number of phosphoric ester groups is 1. The zero-order valence-corrected chi connectivity index (χ0v) is 36.7. The van der Waals surface area contributed by atoms with Crippen molar-refractivity contribution in [2.75, 3.05) is 47.5 Å². The molecule has 1 N–H and O–H groups in total. The van der Waals surface area contributed by atoms with Crippen LogP contribution in [0.25, 0.3) is 0 Å². The normalized spacial score (nSPS) is 14.8. The number of allylic oxidation sites excluding steroid dienone is 20. The Hall–Kier alpha value is -3.59. The molecule has 0 aliphatic carbocycles. The van der Waals surface area contributed by atoms with Gasteiger partial charge < -0.3 is 18.9 Å². The van der Waals surface area contributed by atoms with Gasteiger partial charge in [-0.15, -0.1) is 0 Å². The fraction of sp³-hybridized carbons (Fsp3) is 0.532. The number of quaternary nitrogens is 1. The van der Waals surface area contributed by atoms with E-state index in [2.05, 4.69) is 92.8 Å². The third-order valence-electron chi connectivity index (χ3n) is 7.83. The zero-order chi connectivity index (χ0) is 42.1. The molecule has 0 spiro atoms. The topological polar surface area (TPSA) is 108 Å². The average Bonchev–Trinajstić information content (AvgIpc) is 3.16. The maximum Gasteiger partial charge on any atom is 0.472 e. The van der Waals surface area contributed by atoms with E-state index in [0.717, 1.165) is 70.6 Å². The summed E-state index contributed by atoms with van der Waals surface area (Å²) in [5.74, 6) is -0.931. The fourth-order valence-electron chi connectivity index (χ4n) is 4.62. The predicted octanol–water partition coefficient (Wildman–Crippen LogP) is 11.7. The van der Waals surface area contributed by atoms with Crippen LogP contribution in [0.1, 0.15) is 110 Å². The lowest BCUT2D eigenvalue weighted by atomic mass is 10.1. The summed E-state index contributed by atoms with van der Waals surface area (Å²) in [7, 11) is 1.39. The van der Waals surface area contributed by atoms with E-state index in [4.69, 9.17) is 18.5 Å². The first kappa shape index (κ1) is 53.4. The number of unbranched alkanes of at least 4 members (excludes halogenated alkanes) is 4. The van der Waals surface area contributed by atoms with E-state index in [1.807, 2.05) is 63.7 Å². The SMILES string of the molecule is CC/C=C/C=C/C=C/C=C/CCCCCC(=O)OC(COC(=O)CCC/C=C/C/C=C/C/C=C/C/C=C/C/C=C/C/C=C/CC)COP(=O)(O)OCC[N+](C)(C)C. The number of rotatable bonds is 35. The van der Waals surface area contributed by atoms with E-state index in [1.54, 1.807) is 0 Å². The third-order valence-corrected chi connectivity index (χ3v) is 8.82. The molecule has 2 atom stereocenters. The summed E-state index contributed by atoms with van der Waals surface area (Å²) in [4.78, 5) is 35.3. The molecule has 9 nitrogen and oxygen atoms in total. The van der Waals surface area contributed by atoms with Gasteiger partial charge in [-0.1, -0.05) is 142 Å². The third kappa shape index (κ3) is 41.9. The second kappa shape index (κ2) is 38.0. The lowest BCUT2D eigenvalue weighted by Crippen LogP contribution is -2.37. The van der Waals surface area contributed by atoms with Crippen LogP contribution in [0, 0.1) is 0 Å². The molecular formula is C47H75NO8P+. The number of likely N-dealkylation sites (N-methyl/N-ethyl adjacent to an activating group) is 1. The average molecular weight is 813 g/mol. The second-order valence-electron chi connectivity index (χ2n) is 14.3. The quantitative estimate of drug-likeness (QED) is 0.0168. The Balaban J connectivity index is 4.56. The molecule has 320 valence electrons. The Morgan fingerprint density at radius 1 is 0.561 bits per heavy atom. The number of carbonyl (C=O) groups excluding carboxylic acids is 2. The van der Waals surface area contributed by atoms with E-state index < -0.39 is 32.5 Å². The highest BCUT2D eigenvalue weighted by Gasteiger charge is 2.27. The molecule has 0 aromatic heterocycles. The van der Waals surface area contributed by atoms with E-state index >= 15 is 0 Å². The summed E-state index contributed by atoms with van der Waals surface area (Å²) in [6, 6.07) is 0. The summed E-state index contributed by atoms with van der Waals surface area (Å²) in [5, 5.41) is 0. The molecule has 0 saturated heterocycles. The van der Waals surface area contributed by atoms with Crippen molar-refractivity contribution in [3.05, 3.63) is 122 Å². The van der Waals surface area contributed by atoms with Crippen LogP contribution in [0.3, 0.4) is 0 Å². The highest BCUT2D eigenvalue weighted by molar-refractivity contribution is 7.47. The Morgan fingerprint density at radius 2 is 1.05 bits per heavy atom. The molecule has 0 aromatic carbocycles. The largest absolute Gasteiger partial charge is 0.472 e. The standard InChI is InChI=1S/C47H74NO8P/c1-6-8-10-12-14-16-18-20-21-22-23-24-25-26-28-29-31-33-35-37-39-46(49)53-43-45(44-55-57(51,52)54-42-41-48(3,4)5)56-47(50)40-38-36-34-32-30-27-19-17-15-13-11-9-7-2/h8-11,13-17,19-21,23-24,26-28,30-31,33,45H,6-7,12,18,22,25,29,32,34-44H2,1-5H3/p+1/b10-8+,11-9+,15-13+,16-14+,19-17+,21-20+,24-23+,28-26+,30-27+,33-31+. The van der Waals surface area contributed by atoms with Gasteiger partial charge in [-0.05, 0) is 77.0 Å². The van der Waals surface area contributed by atoms with Crippen molar-refractivity contribution in [1.29, 1.82) is 0 Å². The Bertz CT molecular complexity index is 1380. The van der Waals surface area contributed by atoms with Crippen LogP contribution >= 0.6 is 7.82 Å². The van der Waals surface area contributed by atoms with Gasteiger partial charge in [0.25, 0.3) is 0 Å². The highest BCUT2D eigenvalue weighted by Crippen LogP contribution is 2.43. The molecule has 0 aliphatic rings. The molecule has 0 amide bonds. The van der Waals surface area contributed by atoms with Gasteiger partial charge in [0.15, 0.2) is 6.10 Å². The molecule has 0 saturated carbocycles. The molecule has 10 heteroatoms. The first-order valence-electron chi connectivity index (χ1n) is 20.8. The van der Waals surface area contributed by atoms with Crippen molar-refractivity contribution < 1.29 is 42.1 Å². The van der Waals surface area contributed by atoms with Gasteiger partial charge in [0.2, 0.25) is 0 Å². The Kier molecular flexibility index (Phi) is 35.6. The van der Waals surface area contributed by atoms with Gasteiger partial charge in [0.05, 0.1) is 27.7 Å². The van der Waals surface area contributed by atoms with Crippen LogP contribution in [-0.4, -0.2) is 74.9 Å². The molecule has 0 rings (SSSR count). The summed E-state index contributed by atoms with van der Waals surface area (Å²) >= 11 is 0. The number of esters is 2. The summed E-state index contributed by atoms with van der Waals surface area (Å²) in [6.45, 7) is 4.00. The van der Waals surface area contributed by atoms with Gasteiger partial charge in [0.1, 0.15) is 19.8 Å². The maximum atomic E-state index is 12.6. The molecule has 0 fully saturated rings. The van der Waals surface area contributed by atoms with Gasteiger partial charge in [-0.25, -0.2) is 4.57 Å². The highest BCUT2D eigenvalue weighted by atomic mass is 31.2. The van der Waals surface area contributed by atoms with Crippen molar-refractivity contribution in [2.24, 2.45) is 0 Å². The number of hydrogen-bond donors (Lipinski definition) is 1. The van der Waals surface area contributed by atoms with Gasteiger partial charge in [0, 0.05) is 12.8 Å². The fourth-order valence-corrected chi connectivity index (χ4v) is 5.36. The molecule has 0 heterocycles. The van der Waals surface area contributed by atoms with E-state index in [0.29, 0.717) is 23.9 Å². The number of ether oxygens (including phenoxy) is 2. The van der Waals surface area contributed by atoms with Crippen LogP contribution < -0.4 is 0 Å². The smallest absolute Gasteiger partial charge is 0.462 e. The summed E-state index contributed by atoms with van der Waals surface area (Å²) in [6.07, 6.45) is 52.6. The van der Waals surface area contributed by atoms with Gasteiger partial charge in [-0.3, -0.25) is 18.6 Å². The lowest BCUT2D eigenvalue weighted by Gasteiger charge is -2.24. The monoisotopic (exact) mass is 813 g/mol. The molecule has 0 radical (unpaired) electrons. The van der Waals surface area contributed by atoms with Crippen molar-refractivity contribution in [3.63, 3.8) is 0 Å². The molecule has 0 bridgehead atoms. The van der Waals surface area contributed by atoms with Crippen LogP contribution in [0.5, 0.6) is 0 Å². The van der Waals surface area contributed by atoms with E-state index in [-0.39, 0.29) is 26.1 Å². The van der Waals surface area contributed by atoms with Crippen molar-refractivity contribution in [1.82, 2.24) is 0 Å². The Labute approximate surface area is 346 Å². The second-order valence-corrected chi connectivity index (χ2v) is 15.8. The van der Waals surface area contributed by atoms with Gasteiger partial charge in [-0.2, -0.15) is 0 Å². The van der Waals surface area contributed by atoms with Crippen LogP contribution in [0.15, 0.2) is 122 Å². The lowest BCUT2D eigenvalue weighted by molar-refractivity contribution is -0.870. The minimum absolute atomic E-state index is 0.00660. The number of carbonyl (C=O) groups is 2. The molecule has 0 aromatic rings. The van der Waals surface area contributed by atoms with Crippen molar-refractivity contribution in [3.8, 4) is 0 Å². The van der Waals surface area contributed by atoms with Crippen LogP contribution in [0.2, 0.25) is 0 Å². The number of hydrogen-bond acceptors (Lipinski definition) is 7. The van der Waals surface area contributed by atoms with Crippen LogP contribution in [-0.2, 0) is 32.7 Å². The summed E-state index contributed by atoms with van der Waals surface area (Å²) < 4.78 is 34.1. The Morgan fingerprint density at radius 3 is 1.61 bits per heavy atom. The number of nitrogens with zero attached hydrogens (tertiary/aromatic N) is 1. The van der Waals surface area contributed by atoms with Crippen molar-refractivity contribution in [2.45, 2.75) is 116 Å².